The maximum Gasteiger partial charge on any atom is 0.341 e. The van der Waals surface area contributed by atoms with E-state index in [1.54, 1.807) is 6.92 Å². The van der Waals surface area contributed by atoms with Crippen LogP contribution in [0.15, 0.2) is 29.2 Å². The molecule has 0 saturated carbocycles. The molecular formula is C14H13ClO5S2. The van der Waals surface area contributed by atoms with Gasteiger partial charge in [-0.1, -0.05) is 17.7 Å². The van der Waals surface area contributed by atoms with Gasteiger partial charge >= 0.3 is 5.97 Å². The van der Waals surface area contributed by atoms with Gasteiger partial charge in [0.2, 0.25) is 0 Å². The van der Waals surface area contributed by atoms with Crippen molar-refractivity contribution in [2.24, 2.45) is 0 Å². The number of methoxy groups -OCH3 is 1. The number of halogens is 1. The smallest absolute Gasteiger partial charge is 0.341 e. The lowest BCUT2D eigenvalue weighted by Gasteiger charge is -2.07. The van der Waals surface area contributed by atoms with Gasteiger partial charge in [-0.05, 0) is 30.7 Å². The highest BCUT2D eigenvalue weighted by atomic mass is 35.5. The monoisotopic (exact) mass is 360 g/mol. The fourth-order valence-corrected chi connectivity index (χ4v) is 5.23. The summed E-state index contributed by atoms with van der Waals surface area (Å²) in [4.78, 5) is 12.2. The number of hydrogen-bond acceptors (Lipinski definition) is 6. The molecule has 0 spiro atoms. The number of rotatable bonds is 4. The summed E-state index contributed by atoms with van der Waals surface area (Å²) in [5, 5.41) is 9.80. The second kappa shape index (κ2) is 6.28. The number of ether oxygens (including phenoxy) is 1. The summed E-state index contributed by atoms with van der Waals surface area (Å²) in [7, 11) is -2.38. The Morgan fingerprint density at radius 2 is 2.05 bits per heavy atom. The molecule has 0 atom stereocenters. The van der Waals surface area contributed by atoms with Gasteiger partial charge in [-0.25, -0.2) is 13.2 Å². The highest BCUT2D eigenvalue weighted by molar-refractivity contribution is 7.90. The molecule has 22 heavy (non-hydrogen) atoms. The Kier molecular flexibility index (Phi) is 4.79. The minimum atomic E-state index is -3.58. The molecule has 0 aliphatic carbocycles. The van der Waals surface area contributed by atoms with Crippen LogP contribution in [0.5, 0.6) is 5.75 Å². The van der Waals surface area contributed by atoms with Crippen LogP contribution in [0, 0.1) is 6.92 Å². The van der Waals surface area contributed by atoms with Crippen LogP contribution in [0.2, 0.25) is 4.34 Å². The maximum absolute atomic E-state index is 12.4. The molecule has 1 N–H and O–H groups in total. The van der Waals surface area contributed by atoms with Crippen molar-refractivity contribution >= 4 is 38.7 Å². The topological polar surface area (TPSA) is 80.7 Å². The molecule has 1 aromatic heterocycles. The number of sulfone groups is 1. The Balaban J connectivity index is 2.33. The summed E-state index contributed by atoms with van der Waals surface area (Å²) in [5.41, 5.74) is 0.352. The third-order valence-electron chi connectivity index (χ3n) is 3.00. The molecule has 0 aliphatic rings. The van der Waals surface area contributed by atoms with Gasteiger partial charge in [-0.2, -0.15) is 0 Å². The largest absolute Gasteiger partial charge is 0.507 e. The Morgan fingerprint density at radius 1 is 1.36 bits per heavy atom. The van der Waals surface area contributed by atoms with Crippen molar-refractivity contribution in [3.8, 4) is 5.75 Å². The normalized spacial score (nSPS) is 11.4. The number of thiophene rings is 1. The van der Waals surface area contributed by atoms with E-state index in [1.165, 1.54) is 42.7 Å². The van der Waals surface area contributed by atoms with Gasteiger partial charge in [0.15, 0.2) is 9.84 Å². The van der Waals surface area contributed by atoms with E-state index in [0.717, 1.165) is 0 Å². The van der Waals surface area contributed by atoms with Gasteiger partial charge in [-0.3, -0.25) is 0 Å². The average Bonchev–Trinajstić information content (AvgIpc) is 2.77. The molecule has 118 valence electrons. The lowest BCUT2D eigenvalue weighted by atomic mass is 10.1. The van der Waals surface area contributed by atoms with Gasteiger partial charge in [0.1, 0.15) is 11.3 Å². The first-order valence-electron chi connectivity index (χ1n) is 6.13. The molecule has 0 unspecified atom stereocenters. The first-order valence-corrected chi connectivity index (χ1v) is 8.98. The summed E-state index contributed by atoms with van der Waals surface area (Å²) in [5.74, 6) is -1.30. The van der Waals surface area contributed by atoms with Crippen molar-refractivity contribution in [1.29, 1.82) is 0 Å². The number of aromatic hydroxyl groups is 1. The Morgan fingerprint density at radius 3 is 2.55 bits per heavy atom. The zero-order valence-corrected chi connectivity index (χ0v) is 14.2. The Bertz CT molecular complexity index is 824. The zero-order valence-electron chi connectivity index (χ0n) is 11.8. The highest BCUT2D eigenvalue weighted by Gasteiger charge is 2.21. The number of aryl methyl sites for hydroxylation is 1. The van der Waals surface area contributed by atoms with Crippen molar-refractivity contribution in [2.75, 3.05) is 7.11 Å². The van der Waals surface area contributed by atoms with Crippen LogP contribution in [0.1, 0.15) is 20.8 Å². The summed E-state index contributed by atoms with van der Waals surface area (Å²) in [6.07, 6.45) is 0. The molecule has 0 bridgehead atoms. The lowest BCUT2D eigenvalue weighted by molar-refractivity contribution is 0.0597. The Labute approximate surface area is 137 Å². The van der Waals surface area contributed by atoms with Crippen molar-refractivity contribution in [3.05, 3.63) is 44.6 Å². The first-order chi connectivity index (χ1) is 10.2. The van der Waals surface area contributed by atoms with Crippen molar-refractivity contribution < 1.29 is 23.1 Å². The number of benzene rings is 1. The number of esters is 1. The number of carbonyl (C=O) groups is 1. The molecule has 1 heterocycles. The van der Waals surface area contributed by atoms with E-state index in [9.17, 15) is 18.3 Å². The van der Waals surface area contributed by atoms with Crippen LogP contribution >= 0.6 is 22.9 Å². The summed E-state index contributed by atoms with van der Waals surface area (Å²) < 4.78 is 29.7. The molecule has 5 nitrogen and oxygen atoms in total. The van der Waals surface area contributed by atoms with Crippen LogP contribution in [0.3, 0.4) is 0 Å². The first kappa shape index (κ1) is 16.8. The third kappa shape index (κ3) is 3.43. The quantitative estimate of drug-likeness (QED) is 0.847. The van der Waals surface area contributed by atoms with E-state index >= 15 is 0 Å². The van der Waals surface area contributed by atoms with E-state index in [1.807, 2.05) is 0 Å². The maximum atomic E-state index is 12.4. The lowest BCUT2D eigenvalue weighted by Crippen LogP contribution is -2.06. The van der Waals surface area contributed by atoms with Crippen molar-refractivity contribution in [2.45, 2.75) is 17.6 Å². The van der Waals surface area contributed by atoms with Gasteiger partial charge in [0.05, 0.1) is 22.1 Å². The van der Waals surface area contributed by atoms with Crippen LogP contribution in [-0.2, 0) is 20.3 Å². The van der Waals surface area contributed by atoms with E-state index < -0.39 is 15.8 Å². The second-order valence-corrected chi connectivity index (χ2v) is 8.42. The van der Waals surface area contributed by atoms with Crippen molar-refractivity contribution in [3.63, 3.8) is 0 Å². The zero-order chi connectivity index (χ0) is 16.5. The van der Waals surface area contributed by atoms with Gasteiger partial charge in [-0.15, -0.1) is 11.3 Å². The summed E-state index contributed by atoms with van der Waals surface area (Å²) >= 11 is 7.03. The number of phenols is 1. The molecule has 0 fully saturated rings. The summed E-state index contributed by atoms with van der Waals surface area (Å²) in [6, 6.07) is 5.46. The molecule has 8 heteroatoms. The van der Waals surface area contributed by atoms with Crippen LogP contribution in [0.25, 0.3) is 0 Å². The average molecular weight is 361 g/mol. The minimum Gasteiger partial charge on any atom is -0.507 e. The summed E-state index contributed by atoms with van der Waals surface area (Å²) in [6.45, 7) is 1.68. The molecule has 2 aromatic rings. The van der Waals surface area contributed by atoms with Gasteiger partial charge < -0.3 is 9.84 Å². The molecule has 1 aromatic carbocycles. The molecule has 0 amide bonds. The van der Waals surface area contributed by atoms with Crippen LogP contribution in [-0.4, -0.2) is 26.6 Å². The molecular weight excluding hydrogens is 348 g/mol. The fraction of sp³-hybridized carbons (Fsp3) is 0.214. The molecule has 0 aliphatic heterocycles. The molecule has 0 radical (unpaired) electrons. The minimum absolute atomic E-state index is 0.0154. The Hall–Kier alpha value is -1.57. The predicted molar refractivity (Wildman–Crippen MR) is 84.4 cm³/mol. The van der Waals surface area contributed by atoms with E-state index in [2.05, 4.69) is 4.74 Å². The molecule has 0 saturated heterocycles. The van der Waals surface area contributed by atoms with Gasteiger partial charge in [0.25, 0.3) is 0 Å². The van der Waals surface area contributed by atoms with Gasteiger partial charge in [0, 0.05) is 4.88 Å². The standard InChI is InChI=1S/C14H13ClO5S2/c1-8-12(6-13(15)21-8)22(18,19)7-9-3-4-10(11(16)5-9)14(17)20-2/h3-6,16H,7H2,1-2H3. The second-order valence-electron chi connectivity index (χ2n) is 4.57. The molecule has 2 rings (SSSR count). The fourth-order valence-electron chi connectivity index (χ4n) is 1.99. The van der Waals surface area contributed by atoms with E-state index in [0.29, 0.717) is 14.8 Å². The van der Waals surface area contributed by atoms with Crippen molar-refractivity contribution in [1.82, 2.24) is 0 Å². The SMILES string of the molecule is COC(=O)c1ccc(CS(=O)(=O)c2cc(Cl)sc2C)cc1O. The van der Waals surface area contributed by atoms with E-state index in [-0.39, 0.29) is 22.0 Å². The van der Waals surface area contributed by atoms with Crippen LogP contribution < -0.4 is 0 Å². The highest BCUT2D eigenvalue weighted by Crippen LogP contribution is 2.31. The number of hydrogen-bond donors (Lipinski definition) is 1. The number of carbonyl (C=O) groups excluding carboxylic acids is 1. The third-order valence-corrected chi connectivity index (χ3v) is 6.12. The predicted octanol–water partition coefficient (Wildman–Crippen LogP) is 3.18. The van der Waals surface area contributed by atoms with Crippen LogP contribution in [0.4, 0.5) is 0 Å². The number of phenolic OH excluding ortho intramolecular Hbond substituents is 1. The van der Waals surface area contributed by atoms with E-state index in [4.69, 9.17) is 11.6 Å².